The van der Waals surface area contributed by atoms with Crippen LogP contribution in [0.25, 0.3) is 0 Å². The van der Waals surface area contributed by atoms with E-state index in [1.54, 1.807) is 14.2 Å². The van der Waals surface area contributed by atoms with E-state index in [0.717, 1.165) is 12.0 Å². The topological polar surface area (TPSA) is 47.6 Å². The highest BCUT2D eigenvalue weighted by Gasteiger charge is 2.13. The maximum absolute atomic E-state index is 11.7. The molecule has 4 nitrogen and oxygen atoms in total. The molecule has 1 rings (SSSR count). The van der Waals surface area contributed by atoms with Crippen molar-refractivity contribution in [3.8, 4) is 11.5 Å². The minimum Gasteiger partial charge on any atom is -0.493 e. The number of carbonyl (C=O) groups excluding carboxylic acids is 1. The van der Waals surface area contributed by atoms with Crippen molar-refractivity contribution in [2.24, 2.45) is 5.92 Å². The van der Waals surface area contributed by atoms with Crippen LogP contribution < -0.4 is 14.8 Å². The zero-order valence-corrected chi connectivity index (χ0v) is 11.4. The van der Waals surface area contributed by atoms with Crippen LogP contribution in [0.15, 0.2) is 18.2 Å². The maximum atomic E-state index is 11.7. The van der Waals surface area contributed by atoms with E-state index in [9.17, 15) is 4.79 Å². The Morgan fingerprint density at radius 3 is 2.61 bits per heavy atom. The summed E-state index contributed by atoms with van der Waals surface area (Å²) >= 11 is 0. The van der Waals surface area contributed by atoms with Crippen LogP contribution in [0.4, 0.5) is 0 Å². The van der Waals surface area contributed by atoms with E-state index in [0.29, 0.717) is 18.0 Å². The van der Waals surface area contributed by atoms with Crippen LogP contribution in [0.2, 0.25) is 0 Å². The third kappa shape index (κ3) is 3.39. The van der Waals surface area contributed by atoms with Crippen LogP contribution in [0.3, 0.4) is 0 Å². The van der Waals surface area contributed by atoms with E-state index < -0.39 is 0 Å². The Bertz CT molecular complexity index is 404. The van der Waals surface area contributed by atoms with Crippen LogP contribution in [-0.4, -0.2) is 20.1 Å². The van der Waals surface area contributed by atoms with E-state index >= 15 is 0 Å². The van der Waals surface area contributed by atoms with Crippen molar-refractivity contribution in [1.82, 2.24) is 5.32 Å². The zero-order chi connectivity index (χ0) is 13.5. The van der Waals surface area contributed by atoms with E-state index in [2.05, 4.69) is 5.32 Å². The summed E-state index contributed by atoms with van der Waals surface area (Å²) in [7, 11) is 3.19. The smallest absolute Gasteiger partial charge is 0.223 e. The summed E-state index contributed by atoms with van der Waals surface area (Å²) in [5, 5.41) is 2.90. The molecule has 0 saturated carbocycles. The molecule has 0 fully saturated rings. The lowest BCUT2D eigenvalue weighted by Crippen LogP contribution is -2.28. The molecule has 1 atom stereocenters. The first-order chi connectivity index (χ1) is 8.63. The fraction of sp³-hybridized carbons (Fsp3) is 0.500. The number of nitrogens with one attached hydrogen (secondary N) is 1. The minimum absolute atomic E-state index is 0.0293. The highest BCUT2D eigenvalue weighted by atomic mass is 16.5. The van der Waals surface area contributed by atoms with E-state index in [-0.39, 0.29) is 11.8 Å². The van der Waals surface area contributed by atoms with Crippen LogP contribution in [0.5, 0.6) is 11.5 Å². The van der Waals surface area contributed by atoms with Gasteiger partial charge in [-0.05, 0) is 12.5 Å². The number of carbonyl (C=O) groups is 1. The Labute approximate surface area is 108 Å². The molecule has 1 aromatic carbocycles. The van der Waals surface area contributed by atoms with Gasteiger partial charge in [-0.2, -0.15) is 0 Å². The molecule has 0 aliphatic carbocycles. The van der Waals surface area contributed by atoms with Gasteiger partial charge >= 0.3 is 0 Å². The SMILES string of the molecule is CCC(C)C(=O)NCc1cccc(OC)c1OC. The van der Waals surface area contributed by atoms with Crippen LogP contribution in [0.1, 0.15) is 25.8 Å². The number of benzene rings is 1. The molecular formula is C14H21NO3. The zero-order valence-electron chi connectivity index (χ0n) is 11.4. The third-order valence-corrected chi connectivity index (χ3v) is 3.00. The molecular weight excluding hydrogens is 230 g/mol. The molecule has 1 aromatic rings. The summed E-state index contributed by atoms with van der Waals surface area (Å²) in [4.78, 5) is 11.7. The summed E-state index contributed by atoms with van der Waals surface area (Å²) in [6.45, 7) is 4.36. The molecule has 100 valence electrons. The van der Waals surface area contributed by atoms with E-state index in [1.807, 2.05) is 32.0 Å². The lowest BCUT2D eigenvalue weighted by Gasteiger charge is -2.14. The molecule has 0 aromatic heterocycles. The number of hydrogen-bond donors (Lipinski definition) is 1. The maximum Gasteiger partial charge on any atom is 0.223 e. The molecule has 4 heteroatoms. The highest BCUT2D eigenvalue weighted by Crippen LogP contribution is 2.30. The summed E-state index contributed by atoms with van der Waals surface area (Å²) in [5.41, 5.74) is 0.911. The molecule has 0 bridgehead atoms. The standard InChI is InChI=1S/C14H21NO3/c1-5-10(2)14(16)15-9-11-7-6-8-12(17-3)13(11)18-4/h6-8,10H,5,9H2,1-4H3,(H,15,16). The molecule has 0 radical (unpaired) electrons. The monoisotopic (exact) mass is 251 g/mol. The summed E-state index contributed by atoms with van der Waals surface area (Å²) in [6.07, 6.45) is 0.834. The minimum atomic E-state index is 0.0293. The molecule has 0 heterocycles. The lowest BCUT2D eigenvalue weighted by atomic mass is 10.1. The number of rotatable bonds is 6. The van der Waals surface area contributed by atoms with Gasteiger partial charge in [0.15, 0.2) is 11.5 Å². The van der Waals surface area contributed by atoms with Gasteiger partial charge in [-0.3, -0.25) is 4.79 Å². The second-order valence-corrected chi connectivity index (χ2v) is 4.18. The molecule has 1 N–H and O–H groups in total. The molecule has 0 spiro atoms. The van der Waals surface area contributed by atoms with Gasteiger partial charge in [0.05, 0.1) is 14.2 Å². The second-order valence-electron chi connectivity index (χ2n) is 4.18. The number of amides is 1. The van der Waals surface area contributed by atoms with Crippen LogP contribution in [-0.2, 0) is 11.3 Å². The number of methoxy groups -OCH3 is 2. The van der Waals surface area contributed by atoms with Gasteiger partial charge in [0, 0.05) is 18.0 Å². The first-order valence-corrected chi connectivity index (χ1v) is 6.11. The first-order valence-electron chi connectivity index (χ1n) is 6.11. The van der Waals surface area contributed by atoms with Crippen molar-refractivity contribution in [3.05, 3.63) is 23.8 Å². The highest BCUT2D eigenvalue weighted by molar-refractivity contribution is 5.78. The average molecular weight is 251 g/mol. The van der Waals surface area contributed by atoms with Crippen LogP contribution in [0, 0.1) is 5.92 Å². The second kappa shape index (κ2) is 6.89. The molecule has 1 amide bonds. The molecule has 0 saturated heterocycles. The van der Waals surface area contributed by atoms with Crippen molar-refractivity contribution >= 4 is 5.91 Å². The van der Waals surface area contributed by atoms with Crippen molar-refractivity contribution in [3.63, 3.8) is 0 Å². The van der Waals surface area contributed by atoms with Gasteiger partial charge in [0.25, 0.3) is 0 Å². The number of hydrogen-bond acceptors (Lipinski definition) is 3. The van der Waals surface area contributed by atoms with Gasteiger partial charge in [0.2, 0.25) is 5.91 Å². The summed E-state index contributed by atoms with van der Waals surface area (Å²) in [5.74, 6) is 1.43. The fourth-order valence-corrected chi connectivity index (χ4v) is 1.63. The summed E-state index contributed by atoms with van der Waals surface area (Å²) < 4.78 is 10.5. The lowest BCUT2D eigenvalue weighted by molar-refractivity contribution is -0.124. The van der Waals surface area contributed by atoms with Crippen LogP contribution >= 0.6 is 0 Å². The average Bonchev–Trinajstić information content (AvgIpc) is 2.42. The Hall–Kier alpha value is -1.71. The van der Waals surface area contributed by atoms with Crippen molar-refractivity contribution in [2.75, 3.05) is 14.2 Å². The molecule has 0 aliphatic rings. The Kier molecular flexibility index (Phi) is 5.49. The molecule has 0 aliphatic heterocycles. The molecule has 18 heavy (non-hydrogen) atoms. The van der Waals surface area contributed by atoms with Gasteiger partial charge in [-0.25, -0.2) is 0 Å². The third-order valence-electron chi connectivity index (χ3n) is 3.00. The Morgan fingerprint density at radius 2 is 2.06 bits per heavy atom. The van der Waals surface area contributed by atoms with Crippen molar-refractivity contribution in [2.45, 2.75) is 26.8 Å². The van der Waals surface area contributed by atoms with Crippen molar-refractivity contribution < 1.29 is 14.3 Å². The summed E-state index contributed by atoms with van der Waals surface area (Å²) in [6, 6.07) is 5.63. The largest absolute Gasteiger partial charge is 0.493 e. The normalized spacial score (nSPS) is 11.8. The number of para-hydroxylation sites is 1. The van der Waals surface area contributed by atoms with Gasteiger partial charge in [-0.15, -0.1) is 0 Å². The fourth-order valence-electron chi connectivity index (χ4n) is 1.63. The van der Waals surface area contributed by atoms with Gasteiger partial charge in [0.1, 0.15) is 0 Å². The van der Waals surface area contributed by atoms with E-state index in [4.69, 9.17) is 9.47 Å². The predicted molar refractivity (Wildman–Crippen MR) is 70.8 cm³/mol. The first kappa shape index (κ1) is 14.4. The number of ether oxygens (including phenoxy) is 2. The van der Waals surface area contributed by atoms with Crippen molar-refractivity contribution in [1.29, 1.82) is 0 Å². The van der Waals surface area contributed by atoms with Gasteiger partial charge in [-0.1, -0.05) is 26.0 Å². The van der Waals surface area contributed by atoms with Gasteiger partial charge < -0.3 is 14.8 Å². The Balaban J connectivity index is 2.76. The predicted octanol–water partition coefficient (Wildman–Crippen LogP) is 2.37. The Morgan fingerprint density at radius 1 is 1.33 bits per heavy atom. The molecule has 1 unspecified atom stereocenters. The quantitative estimate of drug-likeness (QED) is 0.844. The van der Waals surface area contributed by atoms with E-state index in [1.165, 1.54) is 0 Å².